The normalized spacial score (nSPS) is 27.1. The molecule has 0 unspecified atom stereocenters. The number of allylic oxidation sites excluding steroid dienone is 2. The first-order chi connectivity index (χ1) is 14.7. The second-order valence-electron chi connectivity index (χ2n) is 8.45. The first-order valence-electron chi connectivity index (χ1n) is 10.4. The maximum atomic E-state index is 12.9. The number of aromatic nitrogens is 1. The molecule has 1 aliphatic heterocycles. The zero-order valence-electron chi connectivity index (χ0n) is 16.4. The predicted molar refractivity (Wildman–Crippen MR) is 115 cm³/mol. The van der Waals surface area contributed by atoms with E-state index in [1.54, 1.807) is 6.21 Å². The molecule has 30 heavy (non-hydrogen) atoms. The van der Waals surface area contributed by atoms with Gasteiger partial charge in [0.1, 0.15) is 0 Å². The van der Waals surface area contributed by atoms with Crippen molar-refractivity contribution in [1.29, 1.82) is 0 Å². The van der Waals surface area contributed by atoms with Crippen LogP contribution in [0.5, 0.6) is 0 Å². The summed E-state index contributed by atoms with van der Waals surface area (Å²) in [6.45, 7) is 0.746. The number of hydrogen-bond donors (Lipinski definition) is 0. The van der Waals surface area contributed by atoms with Crippen molar-refractivity contribution in [2.24, 2.45) is 28.8 Å². The van der Waals surface area contributed by atoms with Gasteiger partial charge in [-0.2, -0.15) is 10.1 Å². The highest BCUT2D eigenvalue weighted by Gasteiger charge is 2.59. The predicted octanol–water partition coefficient (Wildman–Crippen LogP) is 3.83. The smallest absolute Gasteiger partial charge is 0.254 e. The van der Waals surface area contributed by atoms with Crippen LogP contribution >= 0.6 is 0 Å². The molecule has 4 atom stereocenters. The highest BCUT2D eigenvalue weighted by atomic mass is 16.2. The van der Waals surface area contributed by atoms with E-state index in [4.69, 9.17) is 0 Å². The lowest BCUT2D eigenvalue weighted by Crippen LogP contribution is -2.28. The fourth-order valence-electron chi connectivity index (χ4n) is 5.41. The van der Waals surface area contributed by atoms with Crippen LogP contribution < -0.4 is 0 Å². The second-order valence-corrected chi connectivity index (χ2v) is 8.45. The van der Waals surface area contributed by atoms with E-state index < -0.39 is 0 Å². The third-order valence-corrected chi connectivity index (χ3v) is 6.77. The molecule has 0 radical (unpaired) electrons. The summed E-state index contributed by atoms with van der Waals surface area (Å²) < 4.78 is 2.18. The van der Waals surface area contributed by atoms with Gasteiger partial charge in [0.15, 0.2) is 0 Å². The molecule has 0 N–H and O–H groups in total. The summed E-state index contributed by atoms with van der Waals surface area (Å²) in [5, 5.41) is 6.54. The Morgan fingerprint density at radius 2 is 1.57 bits per heavy atom. The number of benzene rings is 2. The van der Waals surface area contributed by atoms with Gasteiger partial charge in [-0.25, -0.2) is 0 Å². The molecule has 5 heteroatoms. The molecule has 0 spiro atoms. The number of rotatable bonds is 4. The lowest BCUT2D eigenvalue weighted by molar-refractivity contribution is -0.140. The van der Waals surface area contributed by atoms with Crippen LogP contribution in [0, 0.1) is 23.7 Å². The number of imide groups is 1. The number of nitrogens with zero attached hydrogens (tertiary/aromatic N) is 3. The van der Waals surface area contributed by atoms with Crippen molar-refractivity contribution in [3.8, 4) is 0 Å². The Kier molecular flexibility index (Phi) is 3.78. The van der Waals surface area contributed by atoms with E-state index in [1.165, 1.54) is 5.56 Å². The van der Waals surface area contributed by atoms with Crippen molar-refractivity contribution in [2.45, 2.75) is 13.0 Å². The van der Waals surface area contributed by atoms with E-state index in [-0.39, 0.29) is 35.5 Å². The van der Waals surface area contributed by atoms with Crippen molar-refractivity contribution >= 4 is 28.9 Å². The van der Waals surface area contributed by atoms with Crippen LogP contribution in [0.3, 0.4) is 0 Å². The van der Waals surface area contributed by atoms with Crippen molar-refractivity contribution in [3.05, 3.63) is 84.1 Å². The molecule has 1 aromatic heterocycles. The van der Waals surface area contributed by atoms with Crippen LogP contribution in [-0.4, -0.2) is 27.6 Å². The molecule has 6 rings (SSSR count). The minimum atomic E-state index is -0.218. The molecule has 3 aliphatic rings. The van der Waals surface area contributed by atoms with Crippen molar-refractivity contribution in [2.75, 3.05) is 0 Å². The SMILES string of the molecule is O=C1[C@@H]2[C@@H](C(=O)N1/N=C\c1cn(Cc3ccccc3)c3ccccc13)[C@H]1C=C[C@H]2C1. The van der Waals surface area contributed by atoms with Gasteiger partial charge in [0.05, 0.1) is 18.1 Å². The molecule has 1 saturated carbocycles. The molecule has 1 saturated heterocycles. The summed E-state index contributed by atoms with van der Waals surface area (Å²) in [5.74, 6) is -0.334. The average molecular weight is 395 g/mol. The number of hydrazone groups is 1. The van der Waals surface area contributed by atoms with Crippen molar-refractivity contribution < 1.29 is 9.59 Å². The van der Waals surface area contributed by atoms with Crippen LogP contribution in [0.4, 0.5) is 0 Å². The van der Waals surface area contributed by atoms with Gasteiger partial charge in [0.25, 0.3) is 11.8 Å². The number of carbonyl (C=O) groups excluding carboxylic acids is 2. The quantitative estimate of drug-likeness (QED) is 0.383. The highest BCUT2D eigenvalue weighted by molar-refractivity contribution is 6.07. The summed E-state index contributed by atoms with van der Waals surface area (Å²) in [6, 6.07) is 18.4. The second kappa shape index (κ2) is 6.52. The molecule has 2 fully saturated rings. The van der Waals surface area contributed by atoms with Gasteiger partial charge in [-0.1, -0.05) is 60.7 Å². The van der Waals surface area contributed by atoms with E-state index in [2.05, 4.69) is 40.0 Å². The topological polar surface area (TPSA) is 54.7 Å². The molecule has 2 aliphatic carbocycles. The van der Waals surface area contributed by atoms with Crippen molar-refractivity contribution in [1.82, 2.24) is 9.58 Å². The summed E-state index contributed by atoms with van der Waals surface area (Å²) in [6.07, 6.45) is 8.83. The Morgan fingerprint density at radius 3 is 2.30 bits per heavy atom. The van der Waals surface area contributed by atoms with Gasteiger partial charge < -0.3 is 4.57 Å². The number of carbonyl (C=O) groups is 2. The lowest BCUT2D eigenvalue weighted by Gasteiger charge is -2.13. The van der Waals surface area contributed by atoms with Crippen LogP contribution in [0.15, 0.2) is 78.0 Å². The molecule has 5 nitrogen and oxygen atoms in total. The Hall–Kier alpha value is -3.47. The fraction of sp³-hybridized carbons (Fsp3) is 0.240. The first-order valence-corrected chi connectivity index (χ1v) is 10.4. The summed E-state index contributed by atoms with van der Waals surface area (Å²) >= 11 is 0. The molecule has 2 bridgehead atoms. The van der Waals surface area contributed by atoms with Gasteiger partial charge >= 0.3 is 0 Å². The van der Waals surface area contributed by atoms with E-state index in [0.29, 0.717) is 0 Å². The van der Waals surface area contributed by atoms with E-state index in [1.807, 2.05) is 42.6 Å². The largest absolute Gasteiger partial charge is 0.342 e. The first kappa shape index (κ1) is 17.4. The van der Waals surface area contributed by atoms with E-state index >= 15 is 0 Å². The monoisotopic (exact) mass is 395 g/mol. The zero-order chi connectivity index (χ0) is 20.2. The molecule has 2 amide bonds. The third-order valence-electron chi connectivity index (χ3n) is 6.77. The maximum absolute atomic E-state index is 12.9. The molecular weight excluding hydrogens is 374 g/mol. The van der Waals surface area contributed by atoms with E-state index in [0.717, 1.165) is 34.4 Å². The van der Waals surface area contributed by atoms with E-state index in [9.17, 15) is 9.59 Å². The summed E-state index contributed by atoms with van der Waals surface area (Å²) in [4.78, 5) is 25.7. The Bertz CT molecular complexity index is 1190. The summed E-state index contributed by atoms with van der Waals surface area (Å²) in [5.41, 5.74) is 3.21. The molecule has 148 valence electrons. The highest BCUT2D eigenvalue weighted by Crippen LogP contribution is 2.52. The van der Waals surface area contributed by atoms with Gasteiger partial charge in [-0.3, -0.25) is 9.59 Å². The minimum Gasteiger partial charge on any atom is -0.342 e. The van der Waals surface area contributed by atoms with Crippen LogP contribution in [0.1, 0.15) is 17.5 Å². The number of para-hydroxylation sites is 1. The van der Waals surface area contributed by atoms with Crippen molar-refractivity contribution in [3.63, 3.8) is 0 Å². The standard InChI is InChI=1S/C25H21N3O2/c29-24-22-17-10-11-18(12-17)23(22)25(30)28(24)26-13-19-15-27(14-16-6-2-1-3-7-16)21-9-5-4-8-20(19)21/h1-11,13,15,17-18,22-23H,12,14H2/b26-13-/t17-,18-,22-,23-/m0/s1. The van der Waals surface area contributed by atoms with Gasteiger partial charge in [0.2, 0.25) is 0 Å². The number of amides is 2. The minimum absolute atomic E-state index is 0.147. The molecular formula is C25H21N3O2. The molecule has 2 heterocycles. The lowest BCUT2D eigenvalue weighted by atomic mass is 9.85. The van der Waals surface area contributed by atoms with Gasteiger partial charge in [0, 0.05) is 29.2 Å². The maximum Gasteiger partial charge on any atom is 0.254 e. The van der Waals surface area contributed by atoms with Gasteiger partial charge in [-0.15, -0.1) is 0 Å². The summed E-state index contributed by atoms with van der Waals surface area (Å²) in [7, 11) is 0. The third kappa shape index (κ3) is 2.51. The van der Waals surface area contributed by atoms with Crippen LogP contribution in [-0.2, 0) is 16.1 Å². The molecule has 2 aromatic carbocycles. The molecule has 3 aromatic rings. The van der Waals surface area contributed by atoms with Crippen LogP contribution in [0.2, 0.25) is 0 Å². The average Bonchev–Trinajstić information content (AvgIpc) is 3.52. The Morgan fingerprint density at radius 1 is 0.900 bits per heavy atom. The zero-order valence-corrected chi connectivity index (χ0v) is 16.4. The Balaban J connectivity index is 1.32. The van der Waals surface area contributed by atoms with Crippen LogP contribution in [0.25, 0.3) is 10.9 Å². The fourth-order valence-corrected chi connectivity index (χ4v) is 5.41. The van der Waals surface area contributed by atoms with Gasteiger partial charge in [-0.05, 0) is 29.9 Å². The number of hydrogen-bond acceptors (Lipinski definition) is 3. The Labute approximate surface area is 174 Å². The number of fused-ring (bicyclic) bond motifs is 6.